The highest BCUT2D eigenvalue weighted by molar-refractivity contribution is 6.06. The van der Waals surface area contributed by atoms with Crippen molar-refractivity contribution in [3.05, 3.63) is 95.4 Å². The second-order valence-electron chi connectivity index (χ2n) is 7.56. The summed E-state index contributed by atoms with van der Waals surface area (Å²) in [6, 6.07) is 22.6. The van der Waals surface area contributed by atoms with Crippen molar-refractivity contribution in [3.63, 3.8) is 0 Å². The third kappa shape index (κ3) is 6.11. The van der Waals surface area contributed by atoms with E-state index in [1.165, 1.54) is 0 Å². The van der Waals surface area contributed by atoms with Gasteiger partial charge in [-0.3, -0.25) is 9.59 Å². The Bertz CT molecular complexity index is 991. The van der Waals surface area contributed by atoms with Crippen molar-refractivity contribution in [2.24, 2.45) is 0 Å². The van der Waals surface area contributed by atoms with E-state index in [4.69, 9.17) is 18.6 Å². The Morgan fingerprint density at radius 1 is 0.788 bits per heavy atom. The summed E-state index contributed by atoms with van der Waals surface area (Å²) >= 11 is 0. The van der Waals surface area contributed by atoms with Gasteiger partial charge in [-0.2, -0.15) is 0 Å². The maximum atomic E-state index is 13.2. The lowest BCUT2D eigenvalue weighted by atomic mass is 9.79. The number of furan rings is 1. The standard InChI is InChI=1S/C27H30O6/c1-3-31-25(28)27(26(29)32-4-2,19-21-11-7-5-8-12-21)24-16-15-23(33-24)17-18-30-20-22-13-9-6-10-14-22/h5-16H,3-4,17-20H2,1-2H3. The van der Waals surface area contributed by atoms with Crippen molar-refractivity contribution >= 4 is 11.9 Å². The number of hydrogen-bond donors (Lipinski definition) is 0. The molecule has 0 spiro atoms. The van der Waals surface area contributed by atoms with Crippen molar-refractivity contribution in [2.45, 2.75) is 38.7 Å². The molecule has 0 bridgehead atoms. The van der Waals surface area contributed by atoms with Crippen molar-refractivity contribution in [1.82, 2.24) is 0 Å². The monoisotopic (exact) mass is 450 g/mol. The van der Waals surface area contributed by atoms with Gasteiger partial charge in [0.2, 0.25) is 5.41 Å². The van der Waals surface area contributed by atoms with E-state index in [1.54, 1.807) is 26.0 Å². The smallest absolute Gasteiger partial charge is 0.331 e. The molecule has 174 valence electrons. The van der Waals surface area contributed by atoms with Crippen LogP contribution in [0.25, 0.3) is 0 Å². The van der Waals surface area contributed by atoms with Crippen molar-refractivity contribution in [3.8, 4) is 0 Å². The lowest BCUT2D eigenvalue weighted by Gasteiger charge is -2.27. The molecule has 0 saturated heterocycles. The quantitative estimate of drug-likeness (QED) is 0.227. The number of esters is 2. The third-order valence-corrected chi connectivity index (χ3v) is 5.25. The zero-order valence-electron chi connectivity index (χ0n) is 19.1. The van der Waals surface area contributed by atoms with Crippen LogP contribution >= 0.6 is 0 Å². The molecule has 33 heavy (non-hydrogen) atoms. The Kier molecular flexibility index (Phi) is 8.84. The molecule has 0 fully saturated rings. The Hall–Kier alpha value is -3.38. The molecule has 0 aliphatic rings. The molecule has 6 nitrogen and oxygen atoms in total. The minimum absolute atomic E-state index is 0.0724. The zero-order chi connectivity index (χ0) is 23.5. The molecule has 3 rings (SSSR count). The lowest BCUT2D eigenvalue weighted by molar-refractivity contribution is -0.166. The van der Waals surface area contributed by atoms with Gasteiger partial charge in [0, 0.05) is 12.8 Å². The van der Waals surface area contributed by atoms with Crippen LogP contribution in [0, 0.1) is 0 Å². The highest BCUT2D eigenvalue weighted by Crippen LogP contribution is 2.34. The summed E-state index contributed by atoms with van der Waals surface area (Å²) in [5, 5.41) is 0. The molecule has 1 heterocycles. The van der Waals surface area contributed by atoms with E-state index >= 15 is 0 Å². The van der Waals surface area contributed by atoms with Gasteiger partial charge in [-0.15, -0.1) is 0 Å². The van der Waals surface area contributed by atoms with Crippen LogP contribution in [0.5, 0.6) is 0 Å². The summed E-state index contributed by atoms with van der Waals surface area (Å²) in [7, 11) is 0. The highest BCUT2D eigenvalue weighted by Gasteiger charge is 2.53. The number of carbonyl (C=O) groups excluding carboxylic acids is 2. The van der Waals surface area contributed by atoms with E-state index in [-0.39, 0.29) is 25.4 Å². The first-order valence-corrected chi connectivity index (χ1v) is 11.2. The van der Waals surface area contributed by atoms with Gasteiger partial charge in [-0.25, -0.2) is 0 Å². The van der Waals surface area contributed by atoms with Crippen LogP contribution in [-0.2, 0) is 48.7 Å². The first kappa shape index (κ1) is 24.3. The fourth-order valence-corrected chi connectivity index (χ4v) is 3.61. The number of hydrogen-bond acceptors (Lipinski definition) is 6. The number of carbonyl (C=O) groups is 2. The molecule has 0 N–H and O–H groups in total. The molecule has 0 atom stereocenters. The number of ether oxygens (including phenoxy) is 3. The van der Waals surface area contributed by atoms with Gasteiger partial charge >= 0.3 is 11.9 Å². The predicted octanol–water partition coefficient (Wildman–Crippen LogP) is 4.65. The van der Waals surface area contributed by atoms with Gasteiger partial charge in [0.15, 0.2) is 0 Å². The average molecular weight is 451 g/mol. The van der Waals surface area contributed by atoms with Crippen LogP contribution in [0.1, 0.15) is 36.5 Å². The van der Waals surface area contributed by atoms with Gasteiger partial charge in [0.05, 0.1) is 26.4 Å². The Morgan fingerprint density at radius 2 is 1.36 bits per heavy atom. The van der Waals surface area contributed by atoms with Gasteiger partial charge in [-0.05, 0) is 37.1 Å². The van der Waals surface area contributed by atoms with Crippen LogP contribution in [0.15, 0.2) is 77.2 Å². The first-order chi connectivity index (χ1) is 16.1. The van der Waals surface area contributed by atoms with E-state index < -0.39 is 17.4 Å². The maximum absolute atomic E-state index is 13.2. The van der Waals surface area contributed by atoms with Crippen LogP contribution < -0.4 is 0 Å². The van der Waals surface area contributed by atoms with E-state index in [0.717, 1.165) is 11.1 Å². The van der Waals surface area contributed by atoms with Gasteiger partial charge < -0.3 is 18.6 Å². The molecule has 2 aromatic carbocycles. The molecule has 0 aliphatic carbocycles. The van der Waals surface area contributed by atoms with E-state index in [2.05, 4.69) is 0 Å². The number of rotatable bonds is 12. The summed E-state index contributed by atoms with van der Waals surface area (Å²) in [5.74, 6) is -0.549. The molecule has 0 aliphatic heterocycles. The third-order valence-electron chi connectivity index (χ3n) is 5.25. The van der Waals surface area contributed by atoms with E-state index in [0.29, 0.717) is 25.4 Å². The lowest BCUT2D eigenvalue weighted by Crippen LogP contribution is -2.48. The van der Waals surface area contributed by atoms with Crippen LogP contribution in [0.2, 0.25) is 0 Å². The number of benzene rings is 2. The first-order valence-electron chi connectivity index (χ1n) is 11.2. The molecule has 1 aromatic heterocycles. The molecule has 0 unspecified atom stereocenters. The van der Waals surface area contributed by atoms with E-state index in [1.807, 2.05) is 60.7 Å². The SMILES string of the molecule is CCOC(=O)C(Cc1ccccc1)(C(=O)OCC)c1ccc(CCOCc2ccccc2)o1. The fourth-order valence-electron chi connectivity index (χ4n) is 3.61. The molecule has 0 saturated carbocycles. The Labute approximate surface area is 194 Å². The Morgan fingerprint density at radius 3 is 1.94 bits per heavy atom. The summed E-state index contributed by atoms with van der Waals surface area (Å²) in [6.45, 7) is 4.61. The second kappa shape index (κ2) is 12.0. The average Bonchev–Trinajstić information content (AvgIpc) is 3.31. The van der Waals surface area contributed by atoms with Gasteiger partial charge in [0.25, 0.3) is 0 Å². The molecule has 3 aromatic rings. The molecule has 6 heteroatoms. The molecular formula is C27H30O6. The van der Waals surface area contributed by atoms with Crippen LogP contribution in [-0.4, -0.2) is 31.8 Å². The minimum atomic E-state index is -1.73. The Balaban J connectivity index is 1.82. The normalized spacial score (nSPS) is 11.2. The summed E-state index contributed by atoms with van der Waals surface area (Å²) < 4.78 is 22.4. The fraction of sp³-hybridized carbons (Fsp3) is 0.333. The van der Waals surface area contributed by atoms with Crippen molar-refractivity contribution in [1.29, 1.82) is 0 Å². The summed E-state index contributed by atoms with van der Waals surface area (Å²) in [6.07, 6.45) is 0.572. The van der Waals surface area contributed by atoms with Crippen molar-refractivity contribution < 1.29 is 28.2 Å². The second-order valence-corrected chi connectivity index (χ2v) is 7.56. The van der Waals surface area contributed by atoms with Gasteiger partial charge in [0.1, 0.15) is 11.5 Å². The highest BCUT2D eigenvalue weighted by atomic mass is 16.6. The summed E-state index contributed by atoms with van der Waals surface area (Å²) in [4.78, 5) is 26.4. The largest absolute Gasteiger partial charge is 0.465 e. The van der Waals surface area contributed by atoms with Gasteiger partial charge in [-0.1, -0.05) is 60.7 Å². The molecule has 0 radical (unpaired) electrons. The predicted molar refractivity (Wildman–Crippen MR) is 124 cm³/mol. The molecular weight excluding hydrogens is 420 g/mol. The maximum Gasteiger partial charge on any atom is 0.331 e. The van der Waals surface area contributed by atoms with E-state index in [9.17, 15) is 9.59 Å². The molecule has 0 amide bonds. The van der Waals surface area contributed by atoms with Crippen LogP contribution in [0.3, 0.4) is 0 Å². The minimum Gasteiger partial charge on any atom is -0.465 e. The summed E-state index contributed by atoms with van der Waals surface area (Å²) in [5.41, 5.74) is 0.156. The van der Waals surface area contributed by atoms with Crippen LogP contribution in [0.4, 0.5) is 0 Å². The topological polar surface area (TPSA) is 75.0 Å². The van der Waals surface area contributed by atoms with Crippen molar-refractivity contribution in [2.75, 3.05) is 19.8 Å². The zero-order valence-corrected chi connectivity index (χ0v) is 19.1.